The smallest absolute Gasteiger partial charge is 0.308 e. The average molecular weight is 356 g/mol. The van der Waals surface area contributed by atoms with Crippen LogP contribution in [0, 0.1) is 11.8 Å². The molecule has 0 unspecified atom stereocenters. The zero-order valence-electron chi connectivity index (χ0n) is 14.6. The number of hydrogen-bond donors (Lipinski definition) is 2. The molecule has 8 heteroatoms. The van der Waals surface area contributed by atoms with E-state index in [9.17, 15) is 19.8 Å². The summed E-state index contributed by atoms with van der Waals surface area (Å²) in [4.78, 5) is 23.5. The van der Waals surface area contributed by atoms with E-state index in [1.807, 2.05) is 13.8 Å². The fourth-order valence-electron chi connectivity index (χ4n) is 3.96. The second-order valence-electron chi connectivity index (χ2n) is 7.46. The molecule has 3 aliphatic heterocycles. The molecular formula is C17H24O8. The highest BCUT2D eigenvalue weighted by Gasteiger charge is 2.73. The average Bonchev–Trinajstić information content (AvgIpc) is 2.56. The minimum Gasteiger partial charge on any atom is -0.459 e. The summed E-state index contributed by atoms with van der Waals surface area (Å²) in [5, 5.41) is 22.3. The van der Waals surface area contributed by atoms with Crippen LogP contribution in [0.2, 0.25) is 0 Å². The Kier molecular flexibility index (Phi) is 4.43. The molecular weight excluding hydrogens is 332 g/mol. The van der Waals surface area contributed by atoms with E-state index in [1.165, 1.54) is 6.92 Å². The van der Waals surface area contributed by atoms with E-state index in [-0.39, 0.29) is 30.9 Å². The van der Waals surface area contributed by atoms with Crippen LogP contribution >= 0.6 is 0 Å². The fourth-order valence-corrected chi connectivity index (χ4v) is 3.96. The topological polar surface area (TPSA) is 112 Å². The normalized spacial score (nSPS) is 42.4. The summed E-state index contributed by atoms with van der Waals surface area (Å²) in [5.74, 6) is -2.08. The third-order valence-electron chi connectivity index (χ3n) is 5.07. The largest absolute Gasteiger partial charge is 0.459 e. The Morgan fingerprint density at radius 2 is 2.04 bits per heavy atom. The lowest BCUT2D eigenvalue weighted by Gasteiger charge is -2.43. The van der Waals surface area contributed by atoms with Crippen LogP contribution in [0.5, 0.6) is 0 Å². The number of esters is 2. The first-order chi connectivity index (χ1) is 11.6. The van der Waals surface area contributed by atoms with Gasteiger partial charge in [-0.05, 0) is 5.92 Å². The SMILES string of the molecule is C=C1[C@@H]2OC[C@]3(O)[C@@H](OC(C)=O)C[C@@]1(O)[C@@H]3[C@H](OC(=O)CC(C)C)O2. The van der Waals surface area contributed by atoms with Crippen LogP contribution in [-0.2, 0) is 28.5 Å². The van der Waals surface area contributed by atoms with Gasteiger partial charge in [0.15, 0.2) is 6.29 Å². The molecule has 4 rings (SSSR count). The van der Waals surface area contributed by atoms with E-state index in [4.69, 9.17) is 18.9 Å². The van der Waals surface area contributed by atoms with Crippen molar-refractivity contribution in [3.63, 3.8) is 0 Å². The predicted molar refractivity (Wildman–Crippen MR) is 82.9 cm³/mol. The van der Waals surface area contributed by atoms with Gasteiger partial charge in [0.25, 0.3) is 0 Å². The maximum Gasteiger partial charge on any atom is 0.308 e. The Morgan fingerprint density at radius 3 is 2.64 bits per heavy atom. The van der Waals surface area contributed by atoms with Crippen molar-refractivity contribution in [3.8, 4) is 0 Å². The number of carbonyl (C=O) groups is 2. The molecule has 0 aromatic carbocycles. The first kappa shape index (κ1) is 18.3. The zero-order valence-corrected chi connectivity index (χ0v) is 14.6. The molecule has 0 aromatic rings. The minimum atomic E-state index is -1.75. The number of ether oxygens (including phenoxy) is 4. The van der Waals surface area contributed by atoms with E-state index in [2.05, 4.69) is 6.58 Å². The molecule has 4 aliphatic rings. The van der Waals surface area contributed by atoms with E-state index >= 15 is 0 Å². The number of hydrogen-bond acceptors (Lipinski definition) is 8. The highest BCUT2D eigenvalue weighted by atomic mass is 16.8. The van der Waals surface area contributed by atoms with Gasteiger partial charge in [0.2, 0.25) is 6.29 Å². The highest BCUT2D eigenvalue weighted by Crippen LogP contribution is 2.57. The van der Waals surface area contributed by atoms with E-state index in [0.717, 1.165) is 0 Å². The van der Waals surface area contributed by atoms with Crippen LogP contribution < -0.4 is 0 Å². The molecule has 2 N–H and O–H groups in total. The van der Waals surface area contributed by atoms with Crippen LogP contribution in [0.4, 0.5) is 0 Å². The van der Waals surface area contributed by atoms with Gasteiger partial charge < -0.3 is 29.2 Å². The molecule has 8 nitrogen and oxygen atoms in total. The third-order valence-corrected chi connectivity index (χ3v) is 5.07. The lowest BCUT2D eigenvalue weighted by atomic mass is 9.77. The van der Waals surface area contributed by atoms with Crippen LogP contribution in [0.25, 0.3) is 0 Å². The van der Waals surface area contributed by atoms with Crippen molar-refractivity contribution in [2.24, 2.45) is 11.8 Å². The highest BCUT2D eigenvalue weighted by molar-refractivity contribution is 5.70. The molecule has 0 radical (unpaired) electrons. The van der Waals surface area contributed by atoms with Gasteiger partial charge in [-0.1, -0.05) is 20.4 Å². The van der Waals surface area contributed by atoms with Crippen LogP contribution in [0.1, 0.15) is 33.6 Å². The van der Waals surface area contributed by atoms with Crippen LogP contribution in [0.3, 0.4) is 0 Å². The van der Waals surface area contributed by atoms with Gasteiger partial charge in [-0.25, -0.2) is 0 Å². The first-order valence-electron chi connectivity index (χ1n) is 8.35. The molecule has 6 atom stereocenters. The summed E-state index contributed by atoms with van der Waals surface area (Å²) in [5.41, 5.74) is -3.16. The third kappa shape index (κ3) is 2.87. The molecule has 3 saturated heterocycles. The van der Waals surface area contributed by atoms with Gasteiger partial charge in [-0.2, -0.15) is 0 Å². The van der Waals surface area contributed by atoms with Crippen molar-refractivity contribution in [1.29, 1.82) is 0 Å². The predicted octanol–water partition coefficient (Wildman–Crippen LogP) is 0.258. The second kappa shape index (κ2) is 6.05. The van der Waals surface area contributed by atoms with Crippen molar-refractivity contribution in [2.75, 3.05) is 6.61 Å². The lowest BCUT2D eigenvalue weighted by Crippen LogP contribution is -2.58. The Balaban J connectivity index is 1.93. The van der Waals surface area contributed by atoms with Crippen LogP contribution in [-0.4, -0.2) is 58.6 Å². The number of fused-ring (bicyclic) bond motifs is 2. The van der Waals surface area contributed by atoms with Gasteiger partial charge in [0.1, 0.15) is 17.3 Å². The number of aliphatic hydroxyl groups is 2. The zero-order chi connectivity index (χ0) is 18.6. The van der Waals surface area contributed by atoms with Crippen molar-refractivity contribution >= 4 is 11.9 Å². The molecule has 140 valence electrons. The van der Waals surface area contributed by atoms with Crippen molar-refractivity contribution < 1.29 is 38.7 Å². The molecule has 0 spiro atoms. The molecule has 0 amide bonds. The second-order valence-corrected chi connectivity index (χ2v) is 7.46. The van der Waals surface area contributed by atoms with Gasteiger partial charge in [-0.3, -0.25) is 9.59 Å². The standard InChI is InChI=1S/C17H24O8/c1-8(2)5-12(19)24-15-13-16(20)6-11(23-10(4)18)17(13,21)7-22-14(25-15)9(16)3/h8,11,13-15,20-21H,3,5-7H2,1-2,4H3/t11-,13-,14+,15+,16-,17-/m0/s1. The van der Waals surface area contributed by atoms with Crippen LogP contribution in [0.15, 0.2) is 12.2 Å². The van der Waals surface area contributed by atoms with E-state index in [0.29, 0.717) is 0 Å². The summed E-state index contributed by atoms with van der Waals surface area (Å²) >= 11 is 0. The van der Waals surface area contributed by atoms with Gasteiger partial charge in [-0.15, -0.1) is 0 Å². The molecule has 3 heterocycles. The Labute approximate surface area is 145 Å². The quantitative estimate of drug-likeness (QED) is 0.545. The van der Waals surface area contributed by atoms with Gasteiger partial charge in [0, 0.05) is 25.3 Å². The minimum absolute atomic E-state index is 0.0615. The Morgan fingerprint density at radius 1 is 1.36 bits per heavy atom. The van der Waals surface area contributed by atoms with Gasteiger partial charge >= 0.3 is 11.9 Å². The molecule has 4 bridgehead atoms. The maximum absolute atomic E-state index is 12.1. The summed E-state index contributed by atoms with van der Waals surface area (Å²) in [7, 11) is 0. The number of rotatable bonds is 4. The summed E-state index contributed by atoms with van der Waals surface area (Å²) < 4.78 is 21.7. The monoisotopic (exact) mass is 356 g/mol. The van der Waals surface area contributed by atoms with Crippen molar-refractivity contribution in [3.05, 3.63) is 12.2 Å². The van der Waals surface area contributed by atoms with E-state index < -0.39 is 47.7 Å². The molecule has 1 saturated carbocycles. The van der Waals surface area contributed by atoms with Crippen molar-refractivity contribution in [2.45, 2.75) is 63.5 Å². The first-order valence-corrected chi connectivity index (χ1v) is 8.35. The van der Waals surface area contributed by atoms with Gasteiger partial charge in [0.05, 0.1) is 12.5 Å². The molecule has 1 aliphatic carbocycles. The molecule has 0 aromatic heterocycles. The van der Waals surface area contributed by atoms with E-state index in [1.54, 1.807) is 0 Å². The lowest BCUT2D eigenvalue weighted by molar-refractivity contribution is -0.272. The summed E-state index contributed by atoms with van der Waals surface area (Å²) in [6, 6.07) is 0. The molecule has 4 fully saturated rings. The Hall–Kier alpha value is -1.48. The maximum atomic E-state index is 12.1. The van der Waals surface area contributed by atoms with Crippen molar-refractivity contribution in [1.82, 2.24) is 0 Å². The number of carbonyl (C=O) groups excluding carboxylic acids is 2. The summed E-state index contributed by atoms with van der Waals surface area (Å²) in [6.07, 6.45) is -3.15. The molecule has 25 heavy (non-hydrogen) atoms. The summed E-state index contributed by atoms with van der Waals surface area (Å²) in [6.45, 7) is 8.54. The fraction of sp³-hybridized carbons (Fsp3) is 0.765. The Bertz CT molecular complexity index is 601.